The van der Waals surface area contributed by atoms with E-state index in [1.165, 1.54) is 0 Å². The van der Waals surface area contributed by atoms with Gasteiger partial charge in [0.1, 0.15) is 17.6 Å². The molecule has 9 nitrogen and oxygen atoms in total. The first-order valence-electron chi connectivity index (χ1n) is 10.6. The van der Waals surface area contributed by atoms with Crippen LogP contribution in [0.15, 0.2) is 53.1 Å². The van der Waals surface area contributed by atoms with Crippen molar-refractivity contribution >= 4 is 0 Å². The Balaban J connectivity index is 1.37. The Labute approximate surface area is 184 Å². The number of aromatic nitrogens is 5. The van der Waals surface area contributed by atoms with Crippen LogP contribution in [0.4, 0.5) is 0 Å². The maximum Gasteiger partial charge on any atom is 0.280 e. The summed E-state index contributed by atoms with van der Waals surface area (Å²) in [6, 6.07) is 15.5. The van der Waals surface area contributed by atoms with E-state index >= 15 is 0 Å². The highest BCUT2D eigenvalue weighted by atomic mass is 16.5. The molecule has 0 aliphatic carbocycles. The lowest BCUT2D eigenvalue weighted by Gasteiger charge is -2.24. The minimum Gasteiger partial charge on any atom is -0.494 e. The first-order chi connectivity index (χ1) is 15.8. The number of hydrogen-bond acceptors (Lipinski definition) is 8. The van der Waals surface area contributed by atoms with Crippen LogP contribution in [0.2, 0.25) is 0 Å². The molecule has 9 heteroatoms. The van der Waals surface area contributed by atoms with Gasteiger partial charge in [-0.25, -0.2) is 4.68 Å². The fraction of sp³-hybridized carbons (Fsp3) is 0.304. The molecule has 2 aromatic heterocycles. The normalized spacial score (nSPS) is 15.4. The van der Waals surface area contributed by atoms with Gasteiger partial charge in [0, 0.05) is 0 Å². The monoisotopic (exact) mass is 433 g/mol. The minimum atomic E-state index is -0.121. The van der Waals surface area contributed by atoms with E-state index in [9.17, 15) is 0 Å². The van der Waals surface area contributed by atoms with Crippen LogP contribution in [-0.2, 0) is 17.9 Å². The van der Waals surface area contributed by atoms with Crippen LogP contribution in [0.5, 0.6) is 11.5 Å². The predicted octanol–water partition coefficient (Wildman–Crippen LogP) is 4.06. The molecule has 0 amide bonds. The Kier molecular flexibility index (Phi) is 5.55. The van der Waals surface area contributed by atoms with Crippen LogP contribution < -0.4 is 9.47 Å². The molecule has 0 saturated carbocycles. The average Bonchev–Trinajstić information content (AvgIpc) is 3.47. The van der Waals surface area contributed by atoms with E-state index in [-0.39, 0.29) is 6.10 Å². The van der Waals surface area contributed by atoms with Gasteiger partial charge in [0.2, 0.25) is 5.82 Å². The smallest absolute Gasteiger partial charge is 0.280 e. The van der Waals surface area contributed by atoms with Gasteiger partial charge in [-0.2, -0.15) is 4.98 Å². The molecule has 3 heterocycles. The summed E-state index contributed by atoms with van der Waals surface area (Å²) in [4.78, 5) is 4.54. The summed E-state index contributed by atoms with van der Waals surface area (Å²) in [5.74, 6) is 2.29. The number of hydrogen-bond donors (Lipinski definition) is 0. The molecule has 1 atom stereocenters. The van der Waals surface area contributed by atoms with Crippen molar-refractivity contribution in [1.82, 2.24) is 25.1 Å². The minimum absolute atomic E-state index is 0.121. The molecule has 0 saturated heterocycles. The van der Waals surface area contributed by atoms with Gasteiger partial charge in [0.25, 0.3) is 5.89 Å². The van der Waals surface area contributed by atoms with Crippen molar-refractivity contribution in [2.45, 2.75) is 33.1 Å². The number of ether oxygens (including phenoxy) is 3. The Hall–Kier alpha value is -3.72. The fourth-order valence-corrected chi connectivity index (χ4v) is 3.69. The molecule has 0 fully saturated rings. The lowest BCUT2D eigenvalue weighted by atomic mass is 10.1. The molecule has 0 spiro atoms. The highest BCUT2D eigenvalue weighted by Crippen LogP contribution is 2.33. The molecular formula is C23H23N5O4. The second-order valence-corrected chi connectivity index (χ2v) is 7.22. The molecule has 1 aliphatic heterocycles. The second-order valence-electron chi connectivity index (χ2n) is 7.22. The van der Waals surface area contributed by atoms with Crippen molar-refractivity contribution in [2.24, 2.45) is 0 Å². The van der Waals surface area contributed by atoms with Crippen molar-refractivity contribution < 1.29 is 18.7 Å². The van der Waals surface area contributed by atoms with Gasteiger partial charge in [0.15, 0.2) is 5.69 Å². The van der Waals surface area contributed by atoms with E-state index in [4.69, 9.17) is 18.7 Å². The quantitative estimate of drug-likeness (QED) is 0.430. The number of rotatable bonds is 7. The second kappa shape index (κ2) is 8.80. The SMILES string of the molecule is CCOc1ccc(C2Cn3nnc(-c4nc(-c5ccccc5OCC)no4)c3CO2)cc1. The summed E-state index contributed by atoms with van der Waals surface area (Å²) in [7, 11) is 0. The molecule has 1 aliphatic rings. The Bertz CT molecular complexity index is 1200. The zero-order chi connectivity index (χ0) is 21.9. The van der Waals surface area contributed by atoms with E-state index in [0.29, 0.717) is 49.5 Å². The molecule has 0 N–H and O–H groups in total. The van der Waals surface area contributed by atoms with Gasteiger partial charge in [-0.05, 0) is 43.7 Å². The van der Waals surface area contributed by atoms with Gasteiger partial charge in [-0.3, -0.25) is 0 Å². The summed E-state index contributed by atoms with van der Waals surface area (Å²) in [5.41, 5.74) is 3.16. The topological polar surface area (TPSA) is 97.3 Å². The molecule has 4 aromatic rings. The average molecular weight is 433 g/mol. The lowest BCUT2D eigenvalue weighted by molar-refractivity contribution is -0.00119. The van der Waals surface area contributed by atoms with Crippen molar-refractivity contribution in [3.63, 3.8) is 0 Å². The van der Waals surface area contributed by atoms with E-state index in [1.807, 2.05) is 67.1 Å². The van der Waals surface area contributed by atoms with E-state index in [1.54, 1.807) is 0 Å². The maximum absolute atomic E-state index is 6.10. The number of nitrogens with zero attached hydrogens (tertiary/aromatic N) is 5. The van der Waals surface area contributed by atoms with Gasteiger partial charge < -0.3 is 18.7 Å². The standard InChI is InChI=1S/C23H23N5O4/c1-3-29-16-11-9-15(10-12-16)20-13-28-18(14-31-20)21(25-27-28)23-24-22(26-32-23)17-7-5-6-8-19(17)30-4-2/h5-12,20H,3-4,13-14H2,1-2H3. The largest absolute Gasteiger partial charge is 0.494 e. The molecule has 1 unspecified atom stereocenters. The number of para-hydroxylation sites is 1. The predicted molar refractivity (Wildman–Crippen MR) is 115 cm³/mol. The molecule has 0 radical (unpaired) electrons. The number of benzene rings is 2. The van der Waals surface area contributed by atoms with E-state index < -0.39 is 0 Å². The fourth-order valence-electron chi connectivity index (χ4n) is 3.69. The van der Waals surface area contributed by atoms with Gasteiger partial charge >= 0.3 is 0 Å². The van der Waals surface area contributed by atoms with Crippen LogP contribution in [0, 0.1) is 0 Å². The third kappa shape index (κ3) is 3.82. The van der Waals surface area contributed by atoms with Crippen molar-refractivity contribution in [3.8, 4) is 34.5 Å². The van der Waals surface area contributed by atoms with E-state index in [0.717, 1.165) is 22.6 Å². The van der Waals surface area contributed by atoms with Crippen molar-refractivity contribution in [1.29, 1.82) is 0 Å². The third-order valence-electron chi connectivity index (χ3n) is 5.22. The first-order valence-corrected chi connectivity index (χ1v) is 10.6. The van der Waals surface area contributed by atoms with Gasteiger partial charge in [-0.1, -0.05) is 34.6 Å². The summed E-state index contributed by atoms with van der Waals surface area (Å²) in [5, 5.41) is 12.7. The molecule has 164 valence electrons. The molecule has 0 bridgehead atoms. The Morgan fingerprint density at radius 2 is 1.84 bits per heavy atom. The molecule has 32 heavy (non-hydrogen) atoms. The highest BCUT2D eigenvalue weighted by molar-refractivity contribution is 5.65. The third-order valence-corrected chi connectivity index (χ3v) is 5.22. The van der Waals surface area contributed by atoms with Crippen LogP contribution in [0.25, 0.3) is 23.0 Å². The van der Waals surface area contributed by atoms with Crippen LogP contribution in [-0.4, -0.2) is 38.3 Å². The summed E-state index contributed by atoms with van der Waals surface area (Å²) < 4.78 is 24.6. The van der Waals surface area contributed by atoms with Crippen LogP contribution in [0.3, 0.4) is 0 Å². The summed E-state index contributed by atoms with van der Waals surface area (Å²) >= 11 is 0. The Morgan fingerprint density at radius 3 is 2.66 bits per heavy atom. The zero-order valence-electron chi connectivity index (χ0n) is 17.9. The van der Waals surface area contributed by atoms with E-state index in [2.05, 4.69) is 20.5 Å². The summed E-state index contributed by atoms with van der Waals surface area (Å²) in [6.45, 7) is 5.97. The highest BCUT2D eigenvalue weighted by Gasteiger charge is 2.28. The molecule has 5 rings (SSSR count). The van der Waals surface area contributed by atoms with Crippen LogP contribution >= 0.6 is 0 Å². The Morgan fingerprint density at radius 1 is 1.03 bits per heavy atom. The van der Waals surface area contributed by atoms with Gasteiger partial charge in [-0.15, -0.1) is 5.10 Å². The number of fused-ring (bicyclic) bond motifs is 1. The summed E-state index contributed by atoms with van der Waals surface area (Å²) in [6.07, 6.45) is -0.121. The first kappa shape index (κ1) is 20.2. The molecular weight excluding hydrogens is 410 g/mol. The van der Waals surface area contributed by atoms with Crippen molar-refractivity contribution in [2.75, 3.05) is 13.2 Å². The zero-order valence-corrected chi connectivity index (χ0v) is 17.9. The maximum atomic E-state index is 6.10. The van der Waals surface area contributed by atoms with Crippen LogP contribution in [0.1, 0.15) is 31.2 Å². The van der Waals surface area contributed by atoms with Crippen molar-refractivity contribution in [3.05, 3.63) is 59.8 Å². The lowest BCUT2D eigenvalue weighted by Crippen LogP contribution is -2.22. The van der Waals surface area contributed by atoms with Gasteiger partial charge in [0.05, 0.1) is 37.6 Å². The molecule has 2 aromatic carbocycles.